The molecule has 0 saturated heterocycles. The molecule has 0 radical (unpaired) electrons. The van der Waals surface area contributed by atoms with Gasteiger partial charge in [0.15, 0.2) is 0 Å². The van der Waals surface area contributed by atoms with Gasteiger partial charge in [0, 0.05) is 27.6 Å². The molecule has 0 atom stereocenters. The number of fused-ring (bicyclic) bond motifs is 1. The fourth-order valence-electron chi connectivity index (χ4n) is 3.47. The van der Waals surface area contributed by atoms with E-state index in [1.165, 1.54) is 47.8 Å². The number of nitrogens with two attached hydrogens (primary N) is 1. The molecule has 0 spiro atoms. The van der Waals surface area contributed by atoms with Gasteiger partial charge in [-0.05, 0) is 30.4 Å². The molecule has 1 fully saturated rings. The van der Waals surface area contributed by atoms with Crippen LogP contribution in [0.15, 0.2) is 23.6 Å². The second kappa shape index (κ2) is 5.14. The lowest BCUT2D eigenvalue weighted by molar-refractivity contribution is 0.289. The molecule has 1 aliphatic carbocycles. The van der Waals surface area contributed by atoms with Gasteiger partial charge in [0.05, 0.1) is 7.11 Å². The first-order valence-corrected chi connectivity index (χ1v) is 7.93. The Morgan fingerprint density at radius 3 is 2.68 bits per heavy atom. The van der Waals surface area contributed by atoms with Crippen LogP contribution in [0, 0.1) is 0 Å². The molecule has 0 amide bonds. The third-order valence-corrected chi connectivity index (χ3v) is 5.44. The first-order valence-electron chi connectivity index (χ1n) is 7.05. The van der Waals surface area contributed by atoms with Crippen LogP contribution in [0.25, 0.3) is 10.1 Å². The van der Waals surface area contributed by atoms with Crippen LogP contribution < -0.4 is 10.5 Å². The highest BCUT2D eigenvalue weighted by Gasteiger charge is 2.35. The van der Waals surface area contributed by atoms with Gasteiger partial charge in [-0.15, -0.1) is 11.3 Å². The Morgan fingerprint density at radius 1 is 1.21 bits per heavy atom. The Kier molecular flexibility index (Phi) is 3.50. The zero-order valence-electron chi connectivity index (χ0n) is 11.4. The van der Waals surface area contributed by atoms with E-state index in [4.69, 9.17) is 10.5 Å². The number of hydrogen-bond donors (Lipinski definition) is 1. The maximum Gasteiger partial charge on any atom is 0.131 e. The Hall–Kier alpha value is -1.06. The summed E-state index contributed by atoms with van der Waals surface area (Å²) in [5, 5.41) is 3.37. The van der Waals surface area contributed by atoms with E-state index in [1.807, 2.05) is 0 Å². The summed E-state index contributed by atoms with van der Waals surface area (Å²) in [6.45, 7) is 0.721. The van der Waals surface area contributed by atoms with Crippen molar-refractivity contribution in [3.8, 4) is 5.75 Å². The minimum Gasteiger partial charge on any atom is -0.496 e. The van der Waals surface area contributed by atoms with Crippen LogP contribution >= 0.6 is 11.3 Å². The van der Waals surface area contributed by atoms with Crippen LogP contribution in [-0.2, 0) is 5.41 Å². The van der Waals surface area contributed by atoms with Gasteiger partial charge in [0.2, 0.25) is 0 Å². The van der Waals surface area contributed by atoms with E-state index < -0.39 is 0 Å². The minimum absolute atomic E-state index is 0.125. The molecule has 2 aromatic rings. The molecule has 0 aliphatic heterocycles. The standard InChI is InChI=1S/C16H21NOS/c1-18-15-12-7-10-19-14(12)6-5-13(15)16(11-17)8-3-2-4-9-16/h5-7,10H,2-4,8-9,11,17H2,1H3. The Labute approximate surface area is 118 Å². The van der Waals surface area contributed by atoms with Gasteiger partial charge in [-0.1, -0.05) is 25.3 Å². The van der Waals surface area contributed by atoms with Crippen LogP contribution in [0.3, 0.4) is 0 Å². The van der Waals surface area contributed by atoms with E-state index >= 15 is 0 Å². The molecule has 1 aromatic heterocycles. The first-order chi connectivity index (χ1) is 9.30. The minimum atomic E-state index is 0.125. The number of hydrogen-bond acceptors (Lipinski definition) is 3. The molecule has 1 aliphatic rings. The number of rotatable bonds is 3. The Balaban J connectivity index is 2.17. The van der Waals surface area contributed by atoms with Gasteiger partial charge in [-0.3, -0.25) is 0 Å². The summed E-state index contributed by atoms with van der Waals surface area (Å²) in [6, 6.07) is 6.63. The molecule has 19 heavy (non-hydrogen) atoms. The predicted molar refractivity (Wildman–Crippen MR) is 82.2 cm³/mol. The van der Waals surface area contributed by atoms with Crippen LogP contribution in [0.4, 0.5) is 0 Å². The van der Waals surface area contributed by atoms with Gasteiger partial charge >= 0.3 is 0 Å². The first kappa shape index (κ1) is 12.9. The molecular weight excluding hydrogens is 254 g/mol. The second-order valence-corrected chi connectivity index (χ2v) is 6.47. The summed E-state index contributed by atoms with van der Waals surface area (Å²) in [4.78, 5) is 0. The average molecular weight is 275 g/mol. The summed E-state index contributed by atoms with van der Waals surface area (Å²) in [5.74, 6) is 1.05. The van der Waals surface area contributed by atoms with Crippen molar-refractivity contribution in [3.63, 3.8) is 0 Å². The predicted octanol–water partition coefficient (Wildman–Crippen LogP) is 4.07. The smallest absolute Gasteiger partial charge is 0.131 e. The molecule has 0 unspecified atom stereocenters. The molecule has 2 N–H and O–H groups in total. The van der Waals surface area contributed by atoms with Gasteiger partial charge in [0.25, 0.3) is 0 Å². The Morgan fingerprint density at radius 2 is 2.00 bits per heavy atom. The molecule has 1 saturated carbocycles. The van der Waals surface area contributed by atoms with Crippen molar-refractivity contribution in [3.05, 3.63) is 29.1 Å². The average Bonchev–Trinajstić information content (AvgIpc) is 2.95. The number of ether oxygens (including phenoxy) is 1. The van der Waals surface area contributed by atoms with Gasteiger partial charge < -0.3 is 10.5 Å². The second-order valence-electron chi connectivity index (χ2n) is 5.52. The zero-order chi connectivity index (χ0) is 13.3. The summed E-state index contributed by atoms with van der Waals surface area (Å²) < 4.78 is 7.04. The van der Waals surface area contributed by atoms with E-state index in [-0.39, 0.29) is 5.41 Å². The summed E-state index contributed by atoms with van der Waals surface area (Å²) in [6.07, 6.45) is 6.28. The quantitative estimate of drug-likeness (QED) is 0.916. The van der Waals surface area contributed by atoms with E-state index in [1.54, 1.807) is 18.4 Å². The van der Waals surface area contributed by atoms with Crippen LogP contribution in [0.2, 0.25) is 0 Å². The molecular formula is C16H21NOS. The third kappa shape index (κ3) is 2.05. The highest BCUT2D eigenvalue weighted by atomic mass is 32.1. The third-order valence-electron chi connectivity index (χ3n) is 4.56. The fraction of sp³-hybridized carbons (Fsp3) is 0.500. The van der Waals surface area contributed by atoms with Gasteiger partial charge in [-0.25, -0.2) is 0 Å². The lowest BCUT2D eigenvalue weighted by atomic mass is 9.69. The number of thiophene rings is 1. The van der Waals surface area contributed by atoms with Crippen molar-refractivity contribution in [1.29, 1.82) is 0 Å². The monoisotopic (exact) mass is 275 g/mol. The molecule has 0 bridgehead atoms. The molecule has 1 aromatic carbocycles. The normalized spacial score (nSPS) is 18.6. The van der Waals surface area contributed by atoms with Crippen molar-refractivity contribution in [2.24, 2.45) is 5.73 Å². The lowest BCUT2D eigenvalue weighted by Crippen LogP contribution is -2.37. The van der Waals surface area contributed by atoms with Crippen molar-refractivity contribution < 1.29 is 4.74 Å². The molecule has 2 nitrogen and oxygen atoms in total. The largest absolute Gasteiger partial charge is 0.496 e. The van der Waals surface area contributed by atoms with E-state index in [9.17, 15) is 0 Å². The van der Waals surface area contributed by atoms with E-state index in [0.29, 0.717) is 0 Å². The maximum absolute atomic E-state index is 6.16. The molecule has 1 heterocycles. The zero-order valence-corrected chi connectivity index (χ0v) is 12.3. The summed E-state index contributed by atoms with van der Waals surface area (Å²) in [7, 11) is 1.78. The van der Waals surface area contributed by atoms with Crippen LogP contribution in [0.5, 0.6) is 5.75 Å². The molecule has 3 rings (SSSR count). The molecule has 102 valence electrons. The number of benzene rings is 1. The summed E-state index contributed by atoms with van der Waals surface area (Å²) in [5.41, 5.74) is 7.61. The molecule has 3 heteroatoms. The van der Waals surface area contributed by atoms with E-state index in [2.05, 4.69) is 23.6 Å². The van der Waals surface area contributed by atoms with Crippen molar-refractivity contribution >= 4 is 21.4 Å². The van der Waals surface area contributed by atoms with Gasteiger partial charge in [-0.2, -0.15) is 0 Å². The summed E-state index contributed by atoms with van der Waals surface area (Å²) >= 11 is 1.77. The topological polar surface area (TPSA) is 35.2 Å². The van der Waals surface area contributed by atoms with Crippen molar-refractivity contribution in [2.75, 3.05) is 13.7 Å². The maximum atomic E-state index is 6.16. The fourth-order valence-corrected chi connectivity index (χ4v) is 4.25. The van der Waals surface area contributed by atoms with Crippen molar-refractivity contribution in [1.82, 2.24) is 0 Å². The SMILES string of the molecule is COc1c(C2(CN)CCCCC2)ccc2sccc12. The van der Waals surface area contributed by atoms with Crippen LogP contribution in [-0.4, -0.2) is 13.7 Å². The highest BCUT2D eigenvalue weighted by molar-refractivity contribution is 7.17. The van der Waals surface area contributed by atoms with Crippen molar-refractivity contribution in [2.45, 2.75) is 37.5 Å². The highest BCUT2D eigenvalue weighted by Crippen LogP contribution is 2.45. The Bertz CT molecular complexity index is 569. The van der Waals surface area contributed by atoms with Crippen LogP contribution in [0.1, 0.15) is 37.7 Å². The van der Waals surface area contributed by atoms with E-state index in [0.717, 1.165) is 12.3 Å². The van der Waals surface area contributed by atoms with Gasteiger partial charge in [0.1, 0.15) is 5.75 Å². The number of methoxy groups -OCH3 is 1. The lowest BCUT2D eigenvalue weighted by Gasteiger charge is -2.37.